The van der Waals surface area contributed by atoms with Crippen molar-refractivity contribution in [3.8, 4) is 22.6 Å². The van der Waals surface area contributed by atoms with Crippen LogP contribution in [0.1, 0.15) is 34.3 Å². The molecule has 0 aromatic heterocycles. The average Bonchev–Trinajstić information content (AvgIpc) is 3.49. The second-order valence-electron chi connectivity index (χ2n) is 8.31. The molecule has 1 aliphatic heterocycles. The molecule has 2 aliphatic rings. The Morgan fingerprint density at radius 3 is 2.24 bits per heavy atom. The lowest BCUT2D eigenvalue weighted by Crippen LogP contribution is -2.28. The number of benzene rings is 3. The number of alkyl halides is 3. The predicted octanol–water partition coefficient (Wildman–Crippen LogP) is 5.19. The largest absolute Gasteiger partial charge is 0.454 e. The van der Waals surface area contributed by atoms with Gasteiger partial charge in [-0.05, 0) is 72.0 Å². The number of carbonyl (C=O) groups excluding carboxylic acids is 2. The number of anilines is 1. The smallest absolute Gasteiger partial charge is 0.416 e. The van der Waals surface area contributed by atoms with E-state index in [1.54, 1.807) is 18.2 Å². The van der Waals surface area contributed by atoms with Crippen LogP contribution in [-0.4, -0.2) is 18.6 Å². The Kier molecular flexibility index (Phi) is 5.00. The summed E-state index contributed by atoms with van der Waals surface area (Å²) < 4.78 is 51.5. The number of ether oxygens (including phenoxy) is 2. The SMILES string of the molecule is [NH]C(=O)c1ccc(-c2cc(NC(=O)C3(c4ccc5c(c4)OCO5)CC3)cc(C(F)(F)F)c2)cc1. The normalized spacial score (nSPS) is 15.6. The number of hydrogen-bond acceptors (Lipinski definition) is 4. The van der Waals surface area contributed by atoms with Gasteiger partial charge in [0.15, 0.2) is 11.5 Å². The zero-order valence-corrected chi connectivity index (χ0v) is 17.7. The predicted molar refractivity (Wildman–Crippen MR) is 116 cm³/mol. The van der Waals surface area contributed by atoms with Crippen molar-refractivity contribution in [2.75, 3.05) is 12.1 Å². The minimum Gasteiger partial charge on any atom is -0.454 e. The standard InChI is InChI=1S/C25H18F3N2O4/c26-25(27,28)18-9-16(14-1-3-15(4-2-14)22(29)31)10-19(11-18)30-23(32)24(7-8-24)17-5-6-20-21(12-17)34-13-33-20/h1-6,9-12,29H,7-8,13H2,(H,30,32). The van der Waals surface area contributed by atoms with Gasteiger partial charge < -0.3 is 14.8 Å². The highest BCUT2D eigenvalue weighted by Crippen LogP contribution is 2.51. The molecule has 34 heavy (non-hydrogen) atoms. The third-order valence-electron chi connectivity index (χ3n) is 6.11. The maximum atomic E-state index is 13.6. The maximum Gasteiger partial charge on any atom is 0.416 e. The summed E-state index contributed by atoms with van der Waals surface area (Å²) in [6.07, 6.45) is -3.50. The van der Waals surface area contributed by atoms with Gasteiger partial charge in [-0.3, -0.25) is 15.3 Å². The number of carbonyl (C=O) groups is 2. The number of nitrogens with one attached hydrogen (secondary N) is 2. The van der Waals surface area contributed by atoms with E-state index in [1.807, 2.05) is 0 Å². The molecule has 3 aromatic rings. The topological polar surface area (TPSA) is 88.4 Å². The molecular weight excluding hydrogens is 449 g/mol. The van der Waals surface area contributed by atoms with Crippen LogP contribution in [0.2, 0.25) is 0 Å². The van der Waals surface area contributed by atoms with Crippen LogP contribution in [0, 0.1) is 0 Å². The Hall–Kier alpha value is -4.01. The van der Waals surface area contributed by atoms with E-state index in [0.717, 1.165) is 17.7 Å². The van der Waals surface area contributed by atoms with Crippen LogP contribution in [0.25, 0.3) is 11.1 Å². The van der Waals surface area contributed by atoms with Crippen molar-refractivity contribution in [3.63, 3.8) is 0 Å². The lowest BCUT2D eigenvalue weighted by atomic mass is 9.94. The van der Waals surface area contributed by atoms with E-state index < -0.39 is 29.0 Å². The molecule has 1 heterocycles. The fourth-order valence-electron chi connectivity index (χ4n) is 4.06. The minimum atomic E-state index is -4.62. The van der Waals surface area contributed by atoms with Crippen LogP contribution in [0.4, 0.5) is 18.9 Å². The van der Waals surface area contributed by atoms with Crippen molar-refractivity contribution in [1.82, 2.24) is 5.73 Å². The van der Waals surface area contributed by atoms with Crippen molar-refractivity contribution in [1.29, 1.82) is 0 Å². The van der Waals surface area contributed by atoms with Crippen LogP contribution < -0.4 is 20.5 Å². The zero-order chi connectivity index (χ0) is 24.1. The molecule has 0 saturated heterocycles. The number of amides is 2. The van der Waals surface area contributed by atoms with Gasteiger partial charge in [0.1, 0.15) is 0 Å². The van der Waals surface area contributed by atoms with E-state index in [-0.39, 0.29) is 23.6 Å². The summed E-state index contributed by atoms with van der Waals surface area (Å²) in [5, 5.41) is 2.67. The molecular formula is C25H18F3N2O4. The molecule has 1 radical (unpaired) electrons. The summed E-state index contributed by atoms with van der Waals surface area (Å²) in [5.41, 5.74) is 6.90. The molecule has 0 unspecified atom stereocenters. The summed E-state index contributed by atoms with van der Waals surface area (Å²) >= 11 is 0. The van der Waals surface area contributed by atoms with Crippen molar-refractivity contribution in [3.05, 3.63) is 77.4 Å². The highest BCUT2D eigenvalue weighted by molar-refractivity contribution is 6.02. The molecule has 2 N–H and O–H groups in total. The average molecular weight is 467 g/mol. The Bertz CT molecular complexity index is 1300. The number of fused-ring (bicyclic) bond motifs is 1. The van der Waals surface area contributed by atoms with E-state index >= 15 is 0 Å². The van der Waals surface area contributed by atoms with Gasteiger partial charge >= 0.3 is 6.18 Å². The lowest BCUT2D eigenvalue weighted by molar-refractivity contribution is -0.137. The lowest BCUT2D eigenvalue weighted by Gasteiger charge is -2.18. The monoisotopic (exact) mass is 467 g/mol. The first-order valence-electron chi connectivity index (χ1n) is 10.5. The molecule has 6 nitrogen and oxygen atoms in total. The first kappa shape index (κ1) is 21.8. The van der Waals surface area contributed by atoms with Crippen molar-refractivity contribution in [2.45, 2.75) is 24.4 Å². The van der Waals surface area contributed by atoms with Crippen molar-refractivity contribution < 1.29 is 32.2 Å². The molecule has 1 fully saturated rings. The third kappa shape index (κ3) is 3.93. The maximum absolute atomic E-state index is 13.6. The Morgan fingerprint density at radius 2 is 1.59 bits per heavy atom. The summed E-state index contributed by atoms with van der Waals surface area (Å²) in [6, 6.07) is 14.3. The molecule has 173 valence electrons. The van der Waals surface area contributed by atoms with Crippen LogP contribution in [-0.2, 0) is 16.4 Å². The molecule has 1 saturated carbocycles. The Morgan fingerprint density at radius 1 is 0.882 bits per heavy atom. The van der Waals surface area contributed by atoms with E-state index in [1.165, 1.54) is 30.3 Å². The first-order valence-corrected chi connectivity index (χ1v) is 10.5. The summed E-state index contributed by atoms with van der Waals surface area (Å²) in [6.45, 7) is 0.0991. The molecule has 5 rings (SSSR count). The number of halogens is 3. The molecule has 0 atom stereocenters. The second kappa shape index (κ2) is 7.79. The summed E-state index contributed by atoms with van der Waals surface area (Å²) in [7, 11) is 0. The van der Waals surface area contributed by atoms with E-state index in [4.69, 9.17) is 15.2 Å². The Labute approximate surface area is 192 Å². The van der Waals surface area contributed by atoms with Crippen LogP contribution in [0.15, 0.2) is 60.7 Å². The quantitative estimate of drug-likeness (QED) is 0.559. The highest BCUT2D eigenvalue weighted by Gasteiger charge is 2.51. The van der Waals surface area contributed by atoms with Crippen LogP contribution in [0.3, 0.4) is 0 Å². The summed E-state index contributed by atoms with van der Waals surface area (Å²) in [5.74, 6) is -0.165. The second-order valence-corrected chi connectivity index (χ2v) is 8.31. The molecule has 0 bridgehead atoms. The van der Waals surface area contributed by atoms with Gasteiger partial charge in [-0.25, -0.2) is 0 Å². The highest BCUT2D eigenvalue weighted by atomic mass is 19.4. The van der Waals surface area contributed by atoms with Crippen LogP contribution in [0.5, 0.6) is 11.5 Å². The summed E-state index contributed by atoms with van der Waals surface area (Å²) in [4.78, 5) is 24.4. The van der Waals surface area contributed by atoms with E-state index in [2.05, 4.69) is 5.32 Å². The molecule has 2 amide bonds. The van der Waals surface area contributed by atoms with Crippen LogP contribution >= 0.6 is 0 Å². The van der Waals surface area contributed by atoms with E-state index in [0.29, 0.717) is 29.9 Å². The number of hydrogen-bond donors (Lipinski definition) is 1. The first-order chi connectivity index (χ1) is 16.2. The van der Waals surface area contributed by atoms with Gasteiger partial charge in [-0.1, -0.05) is 18.2 Å². The van der Waals surface area contributed by atoms with Gasteiger partial charge in [0, 0.05) is 11.3 Å². The fraction of sp³-hybridized carbons (Fsp3) is 0.200. The molecule has 0 spiro atoms. The molecule has 9 heteroatoms. The van der Waals surface area contributed by atoms with Gasteiger partial charge in [0.05, 0.1) is 11.0 Å². The molecule has 3 aromatic carbocycles. The number of rotatable bonds is 5. The van der Waals surface area contributed by atoms with Crippen molar-refractivity contribution in [2.24, 2.45) is 0 Å². The minimum absolute atomic E-state index is 0.0162. The Balaban J connectivity index is 1.46. The van der Waals surface area contributed by atoms with Gasteiger partial charge in [0.2, 0.25) is 12.7 Å². The fourth-order valence-corrected chi connectivity index (χ4v) is 4.06. The zero-order valence-electron chi connectivity index (χ0n) is 17.7. The van der Waals surface area contributed by atoms with Gasteiger partial charge in [-0.15, -0.1) is 0 Å². The van der Waals surface area contributed by atoms with Crippen molar-refractivity contribution >= 4 is 17.5 Å². The van der Waals surface area contributed by atoms with Gasteiger partial charge in [-0.2, -0.15) is 13.2 Å². The van der Waals surface area contributed by atoms with Gasteiger partial charge in [0.25, 0.3) is 5.91 Å². The third-order valence-corrected chi connectivity index (χ3v) is 6.11. The van der Waals surface area contributed by atoms with E-state index in [9.17, 15) is 22.8 Å². The molecule has 1 aliphatic carbocycles.